The van der Waals surface area contributed by atoms with Crippen molar-refractivity contribution in [1.82, 2.24) is 9.19 Å². The fourth-order valence-electron chi connectivity index (χ4n) is 0.810. The van der Waals surface area contributed by atoms with Crippen molar-refractivity contribution >= 4 is 20.3 Å². The third-order valence-electron chi connectivity index (χ3n) is 1.75. The lowest BCUT2D eigenvalue weighted by Crippen LogP contribution is -2.33. The molecule has 0 radical (unpaired) electrons. The van der Waals surface area contributed by atoms with Crippen molar-refractivity contribution in [3.8, 4) is 0 Å². The van der Waals surface area contributed by atoms with Crippen LogP contribution < -0.4 is 4.89 Å². The molecule has 0 heterocycles. The van der Waals surface area contributed by atoms with Crippen LogP contribution in [-0.2, 0) is 24.6 Å². The molecule has 9 heteroatoms. The molecule has 0 spiro atoms. The van der Waals surface area contributed by atoms with Crippen LogP contribution >= 0.6 is 0 Å². The Labute approximate surface area is 100 Å². The summed E-state index contributed by atoms with van der Waals surface area (Å²) < 4.78 is 50.4. The minimum absolute atomic E-state index is 0.0889. The number of benzene rings is 1. The van der Waals surface area contributed by atoms with E-state index in [-0.39, 0.29) is 4.90 Å². The van der Waals surface area contributed by atoms with Gasteiger partial charge in [-0.1, -0.05) is 23.1 Å². The molecule has 0 saturated carbocycles. The fourth-order valence-corrected chi connectivity index (χ4v) is 2.27. The summed E-state index contributed by atoms with van der Waals surface area (Å²) in [7, 11) is -5.67. The van der Waals surface area contributed by atoms with Gasteiger partial charge in [-0.25, -0.2) is 8.42 Å². The minimum Gasteiger partial charge on any atom is -0.205 e. The maximum Gasteiger partial charge on any atom is 0.354 e. The van der Waals surface area contributed by atoms with Crippen molar-refractivity contribution in [1.29, 1.82) is 0 Å². The predicted molar refractivity (Wildman–Crippen MR) is 60.5 cm³/mol. The lowest BCUT2D eigenvalue weighted by Gasteiger charge is -2.11. The minimum atomic E-state index is -4.10. The molecule has 1 N–H and O–H groups in total. The van der Waals surface area contributed by atoms with Gasteiger partial charge in [0, 0.05) is 14.1 Å². The van der Waals surface area contributed by atoms with Gasteiger partial charge in [0.25, 0.3) is 10.0 Å². The molecule has 0 atom stereocenters. The number of sulfonamides is 1. The molecule has 0 aliphatic rings. The van der Waals surface area contributed by atoms with Gasteiger partial charge in [-0.2, -0.15) is 17.0 Å². The van der Waals surface area contributed by atoms with E-state index in [1.165, 1.54) is 43.2 Å². The van der Waals surface area contributed by atoms with Crippen molar-refractivity contribution in [3.05, 3.63) is 30.3 Å². The van der Waals surface area contributed by atoms with Gasteiger partial charge in [-0.3, -0.25) is 0 Å². The fraction of sp³-hybridized carbons (Fsp3) is 0.250. The van der Waals surface area contributed by atoms with Crippen LogP contribution in [0.5, 0.6) is 0 Å². The molecule has 96 valence electrons. The lowest BCUT2D eigenvalue weighted by molar-refractivity contribution is 0.249. The van der Waals surface area contributed by atoms with Gasteiger partial charge < -0.3 is 0 Å². The van der Waals surface area contributed by atoms with Crippen LogP contribution in [0.4, 0.5) is 0 Å². The molecule has 7 nitrogen and oxygen atoms in total. The summed E-state index contributed by atoms with van der Waals surface area (Å²) in [5.41, 5.74) is 0. The SMILES string of the molecule is CN(C)S(=O)(=O)ONS(=O)(=O)c1ccccc1. The van der Waals surface area contributed by atoms with Gasteiger partial charge >= 0.3 is 10.3 Å². The Morgan fingerprint density at radius 2 is 1.59 bits per heavy atom. The number of hydrogen-bond acceptors (Lipinski definition) is 5. The molecule has 17 heavy (non-hydrogen) atoms. The van der Waals surface area contributed by atoms with Crippen molar-refractivity contribution in [2.75, 3.05) is 14.1 Å². The van der Waals surface area contributed by atoms with Crippen LogP contribution in [0.15, 0.2) is 35.2 Å². The molecule has 0 fully saturated rings. The molecule has 0 aliphatic heterocycles. The highest BCUT2D eigenvalue weighted by molar-refractivity contribution is 7.90. The van der Waals surface area contributed by atoms with Crippen molar-refractivity contribution in [3.63, 3.8) is 0 Å². The maximum atomic E-state index is 11.6. The Balaban J connectivity index is 2.84. The van der Waals surface area contributed by atoms with E-state index in [2.05, 4.69) is 4.28 Å². The lowest BCUT2D eigenvalue weighted by atomic mass is 10.4. The molecular weight excluding hydrogens is 268 g/mol. The van der Waals surface area contributed by atoms with Gasteiger partial charge in [0.2, 0.25) is 0 Å². The third-order valence-corrected chi connectivity index (χ3v) is 4.24. The first-order valence-electron chi connectivity index (χ1n) is 4.43. The van der Waals surface area contributed by atoms with Gasteiger partial charge in [0.05, 0.1) is 4.90 Å². The molecule has 1 aromatic carbocycles. The highest BCUT2D eigenvalue weighted by atomic mass is 32.2. The van der Waals surface area contributed by atoms with E-state index in [4.69, 9.17) is 0 Å². The van der Waals surface area contributed by atoms with E-state index < -0.39 is 20.3 Å². The first kappa shape index (κ1) is 14.1. The maximum absolute atomic E-state index is 11.6. The summed E-state index contributed by atoms with van der Waals surface area (Å²) in [6.07, 6.45) is 0. The molecule has 1 rings (SSSR count). The molecule has 0 aliphatic carbocycles. The predicted octanol–water partition coefficient (Wildman–Crippen LogP) is -0.297. The summed E-state index contributed by atoms with van der Waals surface area (Å²) in [4.78, 5) is 1.45. The van der Waals surface area contributed by atoms with Crippen molar-refractivity contribution in [2.24, 2.45) is 0 Å². The van der Waals surface area contributed by atoms with Gasteiger partial charge in [0.15, 0.2) is 0 Å². The third kappa shape index (κ3) is 3.75. The second-order valence-electron chi connectivity index (χ2n) is 3.22. The van der Waals surface area contributed by atoms with E-state index >= 15 is 0 Å². The zero-order valence-electron chi connectivity index (χ0n) is 9.19. The van der Waals surface area contributed by atoms with Gasteiger partial charge in [-0.15, -0.1) is 0 Å². The van der Waals surface area contributed by atoms with Crippen molar-refractivity contribution < 1.29 is 21.1 Å². The topological polar surface area (TPSA) is 92.8 Å². The summed E-state index contributed by atoms with van der Waals surface area (Å²) in [6.45, 7) is 0. The van der Waals surface area contributed by atoms with Gasteiger partial charge in [-0.05, 0) is 12.1 Å². The second-order valence-corrected chi connectivity index (χ2v) is 6.62. The average Bonchev–Trinajstić information content (AvgIpc) is 2.28. The Kier molecular flexibility index (Phi) is 4.22. The van der Waals surface area contributed by atoms with Crippen LogP contribution in [0.1, 0.15) is 0 Å². The van der Waals surface area contributed by atoms with E-state index in [9.17, 15) is 16.8 Å². The standard InChI is InChI=1S/C8H12N2O5S2/c1-10(2)17(13,14)15-9-16(11,12)8-6-4-3-5-7-8/h3-7,9H,1-2H3. The molecule has 0 amide bonds. The van der Waals surface area contributed by atoms with Crippen LogP contribution in [0.25, 0.3) is 0 Å². The first-order chi connectivity index (χ1) is 7.76. The van der Waals surface area contributed by atoms with Crippen LogP contribution in [-0.4, -0.2) is 35.2 Å². The Bertz CT molecular complexity index is 565. The normalized spacial score (nSPS) is 12.9. The largest absolute Gasteiger partial charge is 0.354 e. The van der Waals surface area contributed by atoms with E-state index in [1.54, 1.807) is 6.07 Å². The molecule has 1 aromatic rings. The van der Waals surface area contributed by atoms with Crippen molar-refractivity contribution in [2.45, 2.75) is 4.90 Å². The number of nitrogens with one attached hydrogen (secondary N) is 1. The van der Waals surface area contributed by atoms with Crippen LogP contribution in [0.3, 0.4) is 0 Å². The summed E-state index contributed by atoms with van der Waals surface area (Å²) >= 11 is 0. The highest BCUT2D eigenvalue weighted by Crippen LogP contribution is 2.07. The van der Waals surface area contributed by atoms with Gasteiger partial charge in [0.1, 0.15) is 0 Å². The highest BCUT2D eigenvalue weighted by Gasteiger charge is 2.20. The average molecular weight is 280 g/mol. The van der Waals surface area contributed by atoms with Crippen LogP contribution in [0, 0.1) is 0 Å². The molecule has 0 unspecified atom stereocenters. The Morgan fingerprint density at radius 3 is 2.06 bits per heavy atom. The van der Waals surface area contributed by atoms with Crippen LogP contribution in [0.2, 0.25) is 0 Å². The van der Waals surface area contributed by atoms with E-state index in [1.807, 2.05) is 0 Å². The Hall–Kier alpha value is -1.00. The summed E-state index contributed by atoms with van der Waals surface area (Å²) in [5, 5.41) is 0. The quantitative estimate of drug-likeness (QED) is 0.748. The zero-order chi connectivity index (χ0) is 13.1. The molecule has 0 saturated heterocycles. The monoisotopic (exact) mass is 280 g/mol. The first-order valence-corrected chi connectivity index (χ1v) is 7.28. The smallest absolute Gasteiger partial charge is 0.205 e. The molecule has 0 aromatic heterocycles. The van der Waals surface area contributed by atoms with E-state index in [0.717, 1.165) is 4.31 Å². The second kappa shape index (κ2) is 5.10. The molecular formula is C8H12N2O5S2. The summed E-state index contributed by atoms with van der Waals surface area (Å²) in [5.74, 6) is 0. The molecule has 0 bridgehead atoms. The summed E-state index contributed by atoms with van der Waals surface area (Å²) in [6, 6.07) is 7.28. The Morgan fingerprint density at radius 1 is 1.06 bits per heavy atom. The zero-order valence-corrected chi connectivity index (χ0v) is 10.8. The van der Waals surface area contributed by atoms with E-state index in [0.29, 0.717) is 0 Å². The number of nitrogens with zero attached hydrogens (tertiary/aromatic N) is 1. The number of rotatable bonds is 5. The number of hydrogen-bond donors (Lipinski definition) is 1.